The lowest BCUT2D eigenvalue weighted by Gasteiger charge is -2.29. The van der Waals surface area contributed by atoms with Gasteiger partial charge in [0.05, 0.1) is 12.2 Å². The number of hydrogen-bond acceptors (Lipinski definition) is 4. The fourth-order valence-electron chi connectivity index (χ4n) is 3.24. The average molecular weight is 344 g/mol. The molecule has 0 saturated heterocycles. The third-order valence-corrected chi connectivity index (χ3v) is 4.53. The van der Waals surface area contributed by atoms with Gasteiger partial charge in [0.1, 0.15) is 5.69 Å². The van der Waals surface area contributed by atoms with Crippen molar-refractivity contribution in [2.75, 3.05) is 16.8 Å². The van der Waals surface area contributed by atoms with Crippen molar-refractivity contribution in [2.45, 2.75) is 19.4 Å². The van der Waals surface area contributed by atoms with Crippen LogP contribution in [0.2, 0.25) is 0 Å². The second-order valence-electron chi connectivity index (χ2n) is 6.29. The Bertz CT molecular complexity index is 911. The van der Waals surface area contributed by atoms with Crippen molar-refractivity contribution >= 4 is 17.3 Å². The van der Waals surface area contributed by atoms with Crippen LogP contribution in [0.25, 0.3) is 0 Å². The minimum absolute atomic E-state index is 0.0568. The lowest BCUT2D eigenvalue weighted by molar-refractivity contribution is 0.0980. The first-order valence-electron chi connectivity index (χ1n) is 8.81. The van der Waals surface area contributed by atoms with E-state index >= 15 is 0 Å². The first-order valence-corrected chi connectivity index (χ1v) is 8.81. The summed E-state index contributed by atoms with van der Waals surface area (Å²) < 4.78 is 0. The highest BCUT2D eigenvalue weighted by molar-refractivity contribution is 6.05. The Kier molecular flexibility index (Phi) is 4.60. The minimum atomic E-state index is -0.0568. The second kappa shape index (κ2) is 7.35. The molecule has 0 aliphatic carbocycles. The van der Waals surface area contributed by atoms with Crippen molar-refractivity contribution in [3.8, 4) is 0 Å². The fraction of sp³-hybridized carbons (Fsp3) is 0.190. The number of hydrogen-bond donors (Lipinski definition) is 1. The molecule has 5 heteroatoms. The second-order valence-corrected chi connectivity index (χ2v) is 6.29. The van der Waals surface area contributed by atoms with E-state index in [0.29, 0.717) is 12.2 Å². The quantitative estimate of drug-likeness (QED) is 0.784. The average Bonchev–Trinajstić information content (AvgIpc) is 2.72. The monoisotopic (exact) mass is 344 g/mol. The molecular weight excluding hydrogens is 324 g/mol. The van der Waals surface area contributed by atoms with Crippen molar-refractivity contribution in [1.29, 1.82) is 0 Å². The predicted octanol–water partition coefficient (Wildman–Crippen LogP) is 3.68. The van der Waals surface area contributed by atoms with E-state index in [4.69, 9.17) is 0 Å². The lowest BCUT2D eigenvalue weighted by Crippen LogP contribution is -2.35. The van der Waals surface area contributed by atoms with Crippen molar-refractivity contribution in [3.63, 3.8) is 0 Å². The maximum atomic E-state index is 13.0. The van der Waals surface area contributed by atoms with E-state index in [-0.39, 0.29) is 5.91 Å². The molecule has 2 aromatic heterocycles. The molecule has 26 heavy (non-hydrogen) atoms. The summed E-state index contributed by atoms with van der Waals surface area (Å²) in [4.78, 5) is 23.4. The summed E-state index contributed by atoms with van der Waals surface area (Å²) in [6, 6.07) is 17.6. The van der Waals surface area contributed by atoms with Crippen molar-refractivity contribution in [3.05, 3.63) is 83.9 Å². The van der Waals surface area contributed by atoms with Gasteiger partial charge >= 0.3 is 0 Å². The van der Waals surface area contributed by atoms with Crippen LogP contribution in [-0.2, 0) is 13.0 Å². The zero-order chi connectivity index (χ0) is 17.8. The summed E-state index contributed by atoms with van der Waals surface area (Å²) in [5, 5.41) is 3.31. The number of fused-ring (bicyclic) bond motifs is 1. The molecule has 1 N–H and O–H groups in total. The number of nitrogens with zero attached hydrogens (tertiary/aromatic N) is 3. The van der Waals surface area contributed by atoms with E-state index in [1.165, 1.54) is 5.56 Å². The Morgan fingerprint density at radius 1 is 1.04 bits per heavy atom. The number of carbonyl (C=O) groups is 1. The summed E-state index contributed by atoms with van der Waals surface area (Å²) in [7, 11) is 0. The number of amides is 1. The predicted molar refractivity (Wildman–Crippen MR) is 102 cm³/mol. The highest BCUT2D eigenvalue weighted by Gasteiger charge is 2.24. The number of aromatic nitrogens is 2. The van der Waals surface area contributed by atoms with Gasteiger partial charge in [0.15, 0.2) is 0 Å². The Hall–Kier alpha value is -3.21. The van der Waals surface area contributed by atoms with Gasteiger partial charge in [-0.3, -0.25) is 14.8 Å². The van der Waals surface area contributed by atoms with Crippen LogP contribution >= 0.6 is 0 Å². The Balaban J connectivity index is 1.52. The van der Waals surface area contributed by atoms with Crippen LogP contribution in [0.5, 0.6) is 0 Å². The molecule has 0 unspecified atom stereocenters. The SMILES string of the molecule is O=C(c1cc(NCc2ccccn2)ccn1)N1CCCc2ccccc21. The molecule has 1 amide bonds. The fourth-order valence-corrected chi connectivity index (χ4v) is 3.24. The molecular formula is C21H20N4O. The molecule has 0 bridgehead atoms. The molecule has 3 aromatic rings. The Morgan fingerprint density at radius 2 is 1.92 bits per heavy atom. The highest BCUT2D eigenvalue weighted by Crippen LogP contribution is 2.28. The van der Waals surface area contributed by atoms with Gasteiger partial charge in [0.2, 0.25) is 0 Å². The number of pyridine rings is 2. The molecule has 1 aromatic carbocycles. The van der Waals surface area contributed by atoms with Gasteiger partial charge in [-0.2, -0.15) is 0 Å². The molecule has 0 spiro atoms. The van der Waals surface area contributed by atoms with Gasteiger partial charge < -0.3 is 10.2 Å². The molecule has 1 aliphatic rings. The van der Waals surface area contributed by atoms with Crippen molar-refractivity contribution < 1.29 is 4.79 Å². The van der Waals surface area contributed by atoms with Crippen LogP contribution in [0.4, 0.5) is 11.4 Å². The maximum Gasteiger partial charge on any atom is 0.276 e. The first kappa shape index (κ1) is 16.3. The van der Waals surface area contributed by atoms with Crippen LogP contribution in [0.3, 0.4) is 0 Å². The molecule has 5 nitrogen and oxygen atoms in total. The Morgan fingerprint density at radius 3 is 2.81 bits per heavy atom. The number of carbonyl (C=O) groups excluding carboxylic acids is 1. The summed E-state index contributed by atoms with van der Waals surface area (Å²) >= 11 is 0. The molecule has 1 aliphatic heterocycles. The number of para-hydroxylation sites is 1. The molecule has 3 heterocycles. The zero-order valence-electron chi connectivity index (χ0n) is 14.4. The standard InChI is InChI=1S/C21H20N4O/c26-21(25-13-5-7-16-6-1-2-9-20(16)25)19-14-17(10-12-23-19)24-15-18-8-3-4-11-22-18/h1-4,6,8-12,14H,5,7,13,15H2,(H,23,24). The van der Waals surface area contributed by atoms with Gasteiger partial charge in [-0.05, 0) is 48.7 Å². The third-order valence-electron chi connectivity index (χ3n) is 4.53. The van der Waals surface area contributed by atoms with E-state index in [2.05, 4.69) is 21.4 Å². The van der Waals surface area contributed by atoms with E-state index in [9.17, 15) is 4.79 Å². The number of nitrogens with one attached hydrogen (secondary N) is 1. The summed E-state index contributed by atoms with van der Waals surface area (Å²) in [6.07, 6.45) is 5.43. The third kappa shape index (κ3) is 3.42. The summed E-state index contributed by atoms with van der Waals surface area (Å²) in [5.41, 5.74) is 4.48. The Labute approximate surface area is 152 Å². The molecule has 0 saturated carbocycles. The number of rotatable bonds is 4. The summed E-state index contributed by atoms with van der Waals surface area (Å²) in [6.45, 7) is 1.33. The van der Waals surface area contributed by atoms with Crippen LogP contribution < -0.4 is 10.2 Å². The van der Waals surface area contributed by atoms with E-state index < -0.39 is 0 Å². The lowest BCUT2D eigenvalue weighted by atomic mass is 10.0. The van der Waals surface area contributed by atoms with Crippen LogP contribution in [0, 0.1) is 0 Å². The van der Waals surface area contributed by atoms with Crippen molar-refractivity contribution in [1.82, 2.24) is 9.97 Å². The van der Waals surface area contributed by atoms with Gasteiger partial charge in [-0.1, -0.05) is 24.3 Å². The van der Waals surface area contributed by atoms with Crippen LogP contribution in [0.1, 0.15) is 28.2 Å². The molecule has 4 rings (SSSR count). The largest absolute Gasteiger partial charge is 0.379 e. The smallest absolute Gasteiger partial charge is 0.276 e. The zero-order valence-corrected chi connectivity index (χ0v) is 14.4. The number of anilines is 2. The highest BCUT2D eigenvalue weighted by atomic mass is 16.2. The normalized spacial score (nSPS) is 13.2. The number of benzene rings is 1. The van der Waals surface area contributed by atoms with Gasteiger partial charge in [0.25, 0.3) is 5.91 Å². The summed E-state index contributed by atoms with van der Waals surface area (Å²) in [5.74, 6) is -0.0568. The van der Waals surface area contributed by atoms with Crippen LogP contribution in [0.15, 0.2) is 67.0 Å². The first-order chi connectivity index (χ1) is 12.8. The van der Waals surface area contributed by atoms with Crippen molar-refractivity contribution in [2.24, 2.45) is 0 Å². The van der Waals surface area contributed by atoms with E-state index in [1.54, 1.807) is 12.4 Å². The van der Waals surface area contributed by atoms with E-state index in [0.717, 1.165) is 36.5 Å². The maximum absolute atomic E-state index is 13.0. The van der Waals surface area contributed by atoms with Gasteiger partial charge in [-0.25, -0.2) is 0 Å². The topological polar surface area (TPSA) is 58.1 Å². The molecule has 130 valence electrons. The van der Waals surface area contributed by atoms with E-state index in [1.807, 2.05) is 53.4 Å². The van der Waals surface area contributed by atoms with Crippen LogP contribution in [-0.4, -0.2) is 22.4 Å². The number of aryl methyl sites for hydroxylation is 1. The van der Waals surface area contributed by atoms with Gasteiger partial charge in [-0.15, -0.1) is 0 Å². The molecule has 0 atom stereocenters. The minimum Gasteiger partial charge on any atom is -0.379 e. The van der Waals surface area contributed by atoms with Gasteiger partial charge in [0, 0.05) is 30.3 Å². The molecule has 0 fully saturated rings. The molecule has 0 radical (unpaired) electrons.